The van der Waals surface area contributed by atoms with Crippen LogP contribution in [-0.4, -0.2) is 32.3 Å². The quantitative estimate of drug-likeness (QED) is 0.855. The van der Waals surface area contributed by atoms with Crippen molar-refractivity contribution < 1.29 is 19.1 Å². The van der Waals surface area contributed by atoms with Crippen molar-refractivity contribution in [1.82, 2.24) is 15.1 Å². The lowest BCUT2D eigenvalue weighted by Crippen LogP contribution is -2.55. The minimum atomic E-state index is -0.982. The molecule has 0 spiro atoms. The van der Waals surface area contributed by atoms with Gasteiger partial charge in [0.25, 0.3) is 11.5 Å². The zero-order valence-corrected chi connectivity index (χ0v) is 13.2. The van der Waals surface area contributed by atoms with E-state index in [1.54, 1.807) is 0 Å². The van der Waals surface area contributed by atoms with Crippen molar-refractivity contribution in [2.75, 3.05) is 0 Å². The molecule has 1 amide bonds. The number of carbonyl (C=O) groups excluding carboxylic acids is 1. The highest BCUT2D eigenvalue weighted by atomic mass is 19.1. The summed E-state index contributed by atoms with van der Waals surface area (Å²) < 4.78 is 14.0. The van der Waals surface area contributed by atoms with Crippen LogP contribution in [0.15, 0.2) is 41.2 Å². The summed E-state index contributed by atoms with van der Waals surface area (Å²) in [6.45, 7) is 0. The fourth-order valence-electron chi connectivity index (χ4n) is 2.84. The molecule has 2 N–H and O–H groups in total. The van der Waals surface area contributed by atoms with E-state index in [-0.39, 0.29) is 12.1 Å². The van der Waals surface area contributed by atoms with Crippen LogP contribution in [0, 0.1) is 5.82 Å². The summed E-state index contributed by atoms with van der Waals surface area (Å²) in [6, 6.07) is 7.60. The molecule has 25 heavy (non-hydrogen) atoms. The maximum atomic E-state index is 13.0. The third-order valence-electron chi connectivity index (χ3n) is 4.28. The molecule has 0 radical (unpaired) electrons. The molecule has 2 aromatic rings. The highest BCUT2D eigenvalue weighted by molar-refractivity contribution is 5.93. The number of carbonyl (C=O) groups is 2. The number of hydrogen-bond acceptors (Lipinski definition) is 4. The number of benzene rings is 1. The molecular weight excluding hydrogens is 329 g/mol. The highest BCUT2D eigenvalue weighted by Crippen LogP contribution is 2.35. The monoisotopic (exact) mass is 345 g/mol. The van der Waals surface area contributed by atoms with E-state index in [1.807, 2.05) is 0 Å². The zero-order valence-electron chi connectivity index (χ0n) is 13.2. The first-order valence-corrected chi connectivity index (χ1v) is 7.79. The van der Waals surface area contributed by atoms with Crippen molar-refractivity contribution in [2.24, 2.45) is 0 Å². The van der Waals surface area contributed by atoms with Gasteiger partial charge >= 0.3 is 5.97 Å². The van der Waals surface area contributed by atoms with Gasteiger partial charge in [-0.3, -0.25) is 14.4 Å². The number of nitrogens with zero attached hydrogens (tertiary/aromatic N) is 2. The third kappa shape index (κ3) is 3.57. The molecule has 0 unspecified atom stereocenters. The van der Waals surface area contributed by atoms with Crippen LogP contribution in [0.5, 0.6) is 0 Å². The average molecular weight is 345 g/mol. The van der Waals surface area contributed by atoms with E-state index < -0.39 is 28.8 Å². The number of nitrogens with one attached hydrogen (secondary N) is 1. The van der Waals surface area contributed by atoms with Crippen LogP contribution >= 0.6 is 0 Å². The van der Waals surface area contributed by atoms with Gasteiger partial charge in [0.05, 0.1) is 17.6 Å². The number of amides is 1. The molecule has 130 valence electrons. The minimum Gasteiger partial charge on any atom is -0.481 e. The van der Waals surface area contributed by atoms with Gasteiger partial charge in [0, 0.05) is 6.07 Å². The Morgan fingerprint density at radius 3 is 2.44 bits per heavy atom. The number of halogens is 1. The first kappa shape index (κ1) is 16.8. The maximum absolute atomic E-state index is 13.0. The fourth-order valence-corrected chi connectivity index (χ4v) is 2.84. The summed E-state index contributed by atoms with van der Waals surface area (Å²) in [6.07, 6.45) is 1.86. The minimum absolute atomic E-state index is 0.0133. The molecule has 7 nitrogen and oxygen atoms in total. The van der Waals surface area contributed by atoms with Crippen molar-refractivity contribution in [3.05, 3.63) is 58.3 Å². The third-order valence-corrected chi connectivity index (χ3v) is 4.28. The van der Waals surface area contributed by atoms with Gasteiger partial charge in [0.15, 0.2) is 0 Å². The Morgan fingerprint density at radius 1 is 1.20 bits per heavy atom. The predicted molar refractivity (Wildman–Crippen MR) is 86.1 cm³/mol. The highest BCUT2D eigenvalue weighted by Gasteiger charge is 2.40. The van der Waals surface area contributed by atoms with E-state index in [0.29, 0.717) is 18.5 Å². The molecule has 1 aliphatic carbocycles. The molecule has 1 aromatic heterocycles. The predicted octanol–water partition coefficient (Wildman–Crippen LogP) is 1.50. The topological polar surface area (TPSA) is 101 Å². The Labute approximate surface area is 142 Å². The Kier molecular flexibility index (Phi) is 4.35. The van der Waals surface area contributed by atoms with Gasteiger partial charge in [-0.15, -0.1) is 0 Å². The van der Waals surface area contributed by atoms with E-state index in [0.717, 1.165) is 11.1 Å². The number of hydrogen-bond donors (Lipinski definition) is 2. The van der Waals surface area contributed by atoms with Crippen LogP contribution in [0.4, 0.5) is 4.39 Å². The average Bonchev–Trinajstić information content (AvgIpc) is 2.53. The largest absolute Gasteiger partial charge is 0.481 e. The molecular formula is C17H16FN3O4. The molecule has 0 bridgehead atoms. The first-order chi connectivity index (χ1) is 11.9. The summed E-state index contributed by atoms with van der Waals surface area (Å²) in [5, 5.41) is 15.7. The maximum Gasteiger partial charge on any atom is 0.305 e. The summed E-state index contributed by atoms with van der Waals surface area (Å²) >= 11 is 0. The number of carboxylic acids is 1. The lowest BCUT2D eigenvalue weighted by Gasteiger charge is -2.41. The van der Waals surface area contributed by atoms with Crippen LogP contribution < -0.4 is 10.9 Å². The van der Waals surface area contributed by atoms with Crippen LogP contribution in [0.3, 0.4) is 0 Å². The summed E-state index contributed by atoms with van der Waals surface area (Å²) in [5.41, 5.74) is -0.917. The second kappa shape index (κ2) is 6.46. The molecule has 1 aliphatic rings. The van der Waals surface area contributed by atoms with Crippen LogP contribution in [0.25, 0.3) is 5.69 Å². The zero-order chi connectivity index (χ0) is 18.0. The summed E-state index contributed by atoms with van der Waals surface area (Å²) in [7, 11) is 0. The van der Waals surface area contributed by atoms with Crippen molar-refractivity contribution in [3.63, 3.8) is 0 Å². The lowest BCUT2D eigenvalue weighted by atomic mass is 9.74. The molecule has 0 atom stereocenters. The molecule has 1 heterocycles. The fraction of sp³-hybridized carbons (Fsp3) is 0.294. The van der Waals surface area contributed by atoms with Gasteiger partial charge in [-0.25, -0.2) is 4.39 Å². The number of rotatable bonds is 5. The Hall–Kier alpha value is -3.03. The van der Waals surface area contributed by atoms with Gasteiger partial charge in [-0.2, -0.15) is 9.78 Å². The lowest BCUT2D eigenvalue weighted by molar-refractivity contribution is -0.139. The Bertz CT molecular complexity index is 872. The summed E-state index contributed by atoms with van der Waals surface area (Å²) in [5.74, 6) is -1.98. The van der Waals surface area contributed by atoms with E-state index in [1.165, 1.54) is 36.4 Å². The van der Waals surface area contributed by atoms with Crippen LogP contribution in [-0.2, 0) is 4.79 Å². The smallest absolute Gasteiger partial charge is 0.305 e. The number of carboxylic acid groups (broad SMARTS) is 1. The number of aromatic nitrogens is 2. The molecule has 8 heteroatoms. The van der Waals surface area contributed by atoms with Gasteiger partial charge in [0.2, 0.25) is 0 Å². The van der Waals surface area contributed by atoms with Gasteiger partial charge in [-0.05, 0) is 49.6 Å². The normalized spacial score (nSPS) is 15.2. The van der Waals surface area contributed by atoms with Gasteiger partial charge < -0.3 is 10.4 Å². The van der Waals surface area contributed by atoms with Crippen molar-refractivity contribution in [1.29, 1.82) is 0 Å². The SMILES string of the molecule is O=C(O)CC1(NC(=O)c2ccc(=O)n(-c3ccc(F)cc3)n2)CCC1. The van der Waals surface area contributed by atoms with E-state index >= 15 is 0 Å². The summed E-state index contributed by atoms with van der Waals surface area (Å²) in [4.78, 5) is 35.4. The molecule has 0 aliphatic heterocycles. The first-order valence-electron chi connectivity index (χ1n) is 7.79. The Morgan fingerprint density at radius 2 is 1.88 bits per heavy atom. The van der Waals surface area contributed by atoms with Crippen LogP contribution in [0.1, 0.15) is 36.2 Å². The van der Waals surface area contributed by atoms with Crippen molar-refractivity contribution in [3.8, 4) is 5.69 Å². The molecule has 0 saturated heterocycles. The standard InChI is InChI=1S/C17H16FN3O4/c18-11-2-4-12(5-3-11)21-14(22)7-6-13(20-21)16(25)19-17(8-1-9-17)10-15(23)24/h2-7H,1,8-10H2,(H,19,25)(H,23,24). The molecule has 1 aromatic carbocycles. The van der Waals surface area contributed by atoms with E-state index in [2.05, 4.69) is 10.4 Å². The van der Waals surface area contributed by atoms with Gasteiger partial charge in [0.1, 0.15) is 11.5 Å². The number of aliphatic carboxylic acids is 1. The van der Waals surface area contributed by atoms with E-state index in [4.69, 9.17) is 5.11 Å². The van der Waals surface area contributed by atoms with Gasteiger partial charge in [-0.1, -0.05) is 0 Å². The van der Waals surface area contributed by atoms with Crippen molar-refractivity contribution >= 4 is 11.9 Å². The molecule has 1 fully saturated rings. The second-order valence-electron chi connectivity index (χ2n) is 6.10. The second-order valence-corrected chi connectivity index (χ2v) is 6.10. The van der Waals surface area contributed by atoms with Crippen LogP contribution in [0.2, 0.25) is 0 Å². The Balaban J connectivity index is 1.86. The molecule has 3 rings (SSSR count). The van der Waals surface area contributed by atoms with Crippen molar-refractivity contribution in [2.45, 2.75) is 31.2 Å². The molecule has 1 saturated carbocycles. The van der Waals surface area contributed by atoms with E-state index in [9.17, 15) is 18.8 Å².